The number of pyridine rings is 1. The van der Waals surface area contributed by atoms with Crippen molar-refractivity contribution in [2.45, 2.75) is 18.0 Å². The molecule has 2 aliphatic rings. The van der Waals surface area contributed by atoms with Gasteiger partial charge in [0, 0.05) is 43.0 Å². The maximum absolute atomic E-state index is 13.6. The topological polar surface area (TPSA) is 114 Å². The van der Waals surface area contributed by atoms with Crippen molar-refractivity contribution in [3.8, 4) is 23.0 Å². The number of carbonyl (C=O) groups is 2. The smallest absolute Gasteiger partial charge is 0.416 e. The lowest BCUT2D eigenvalue weighted by molar-refractivity contribution is -0.139. The van der Waals surface area contributed by atoms with E-state index in [-0.39, 0.29) is 11.3 Å². The fraction of sp³-hybridized carbons (Fsp3) is 0.324. The Bertz CT molecular complexity index is 1790. The van der Waals surface area contributed by atoms with Crippen molar-refractivity contribution in [2.24, 2.45) is 0 Å². The van der Waals surface area contributed by atoms with Crippen LogP contribution in [0.2, 0.25) is 0 Å². The van der Waals surface area contributed by atoms with Gasteiger partial charge in [0.2, 0.25) is 0 Å². The zero-order chi connectivity index (χ0) is 34.4. The van der Waals surface area contributed by atoms with Crippen molar-refractivity contribution in [3.63, 3.8) is 0 Å². The molecular formula is C34H34F3N5O6S. The summed E-state index contributed by atoms with van der Waals surface area (Å²) in [5.41, 5.74) is 2.45. The number of alkyl halides is 3. The van der Waals surface area contributed by atoms with E-state index in [4.69, 9.17) is 18.9 Å². The largest absolute Gasteiger partial charge is 0.493 e. The van der Waals surface area contributed by atoms with Crippen LogP contribution in [0, 0.1) is 0 Å². The first-order chi connectivity index (χ1) is 23.7. The molecule has 0 aliphatic carbocycles. The lowest BCUT2D eigenvalue weighted by Gasteiger charge is -2.26. The highest BCUT2D eigenvalue weighted by Gasteiger charge is 2.41. The van der Waals surface area contributed by atoms with Crippen LogP contribution in [0.5, 0.6) is 23.0 Å². The second-order valence-electron chi connectivity index (χ2n) is 11.2. The highest BCUT2D eigenvalue weighted by atomic mass is 32.2. The molecule has 258 valence electrons. The molecule has 0 radical (unpaired) electrons. The Morgan fingerprint density at radius 2 is 1.82 bits per heavy atom. The number of nitrogens with one attached hydrogen (secondary N) is 2. The summed E-state index contributed by atoms with van der Waals surface area (Å²) in [6, 6.07) is 16.0. The van der Waals surface area contributed by atoms with E-state index in [0.29, 0.717) is 46.2 Å². The Morgan fingerprint density at radius 1 is 1.04 bits per heavy atom. The summed E-state index contributed by atoms with van der Waals surface area (Å²) in [4.78, 5) is 32.2. The van der Waals surface area contributed by atoms with Gasteiger partial charge in [0.25, 0.3) is 5.91 Å². The molecule has 3 aromatic carbocycles. The summed E-state index contributed by atoms with van der Waals surface area (Å²) in [7, 11) is 1.57. The number of benzene rings is 3. The quantitative estimate of drug-likeness (QED) is 0.170. The number of ether oxygens (including phenoxy) is 4. The zero-order valence-corrected chi connectivity index (χ0v) is 27.3. The van der Waals surface area contributed by atoms with Gasteiger partial charge in [-0.1, -0.05) is 18.2 Å². The van der Waals surface area contributed by atoms with E-state index in [1.807, 2.05) is 12.1 Å². The minimum absolute atomic E-state index is 0.0809. The second-order valence-corrected chi connectivity index (χ2v) is 12.3. The van der Waals surface area contributed by atoms with E-state index < -0.39 is 29.1 Å². The number of carbonyl (C=O) groups excluding carboxylic acids is 2. The maximum Gasteiger partial charge on any atom is 0.416 e. The number of hydrazine groups is 1. The number of fused-ring (bicyclic) bond motifs is 1. The van der Waals surface area contributed by atoms with E-state index >= 15 is 0 Å². The van der Waals surface area contributed by atoms with Crippen molar-refractivity contribution in [3.05, 3.63) is 84.1 Å². The molecule has 0 saturated carbocycles. The van der Waals surface area contributed by atoms with Gasteiger partial charge in [-0.3, -0.25) is 14.7 Å². The number of aromatic nitrogens is 1. The number of rotatable bonds is 11. The van der Waals surface area contributed by atoms with E-state index in [1.54, 1.807) is 43.6 Å². The Kier molecular flexibility index (Phi) is 10.6. The molecule has 0 bridgehead atoms. The molecule has 15 heteroatoms. The molecule has 1 atom stereocenters. The average Bonchev–Trinajstić information content (AvgIpc) is 3.46. The van der Waals surface area contributed by atoms with Crippen molar-refractivity contribution < 1.29 is 41.7 Å². The van der Waals surface area contributed by atoms with Crippen LogP contribution in [0.25, 0.3) is 10.9 Å². The summed E-state index contributed by atoms with van der Waals surface area (Å²) >= 11 is 0.999. The van der Waals surface area contributed by atoms with Crippen LogP contribution in [0.1, 0.15) is 22.9 Å². The summed E-state index contributed by atoms with van der Waals surface area (Å²) in [6.45, 7) is 4.80. The lowest BCUT2D eigenvalue weighted by Crippen LogP contribution is -2.46. The average molecular weight is 698 g/mol. The minimum Gasteiger partial charge on any atom is -0.493 e. The van der Waals surface area contributed by atoms with Gasteiger partial charge in [0.15, 0.2) is 11.5 Å². The highest BCUT2D eigenvalue weighted by Crippen LogP contribution is 2.43. The third-order valence-corrected chi connectivity index (χ3v) is 9.12. The fourth-order valence-electron chi connectivity index (χ4n) is 5.53. The molecule has 2 aliphatic heterocycles. The first kappa shape index (κ1) is 34.1. The predicted octanol–water partition coefficient (Wildman–Crippen LogP) is 6.47. The lowest BCUT2D eigenvalue weighted by atomic mass is 10.1. The van der Waals surface area contributed by atoms with Gasteiger partial charge in [0.1, 0.15) is 16.9 Å². The van der Waals surface area contributed by atoms with Crippen LogP contribution >= 0.6 is 11.8 Å². The molecule has 49 heavy (non-hydrogen) atoms. The summed E-state index contributed by atoms with van der Waals surface area (Å²) in [6.07, 6.45) is -2.13. The van der Waals surface area contributed by atoms with Gasteiger partial charge in [-0.2, -0.15) is 13.2 Å². The number of halogens is 3. The van der Waals surface area contributed by atoms with E-state index in [0.717, 1.165) is 62.1 Å². The molecule has 2 fully saturated rings. The van der Waals surface area contributed by atoms with Gasteiger partial charge in [-0.05, 0) is 54.4 Å². The van der Waals surface area contributed by atoms with Gasteiger partial charge in [-0.15, -0.1) is 11.8 Å². The molecule has 6 rings (SSSR count). The second kappa shape index (κ2) is 15.2. The Balaban J connectivity index is 1.08. The summed E-state index contributed by atoms with van der Waals surface area (Å²) in [5.74, 6) is 1.52. The number of amides is 3. The summed E-state index contributed by atoms with van der Waals surface area (Å²) < 4.78 is 64.1. The van der Waals surface area contributed by atoms with Gasteiger partial charge in [-0.25, -0.2) is 15.2 Å². The molecule has 4 aromatic rings. The fourth-order valence-corrected chi connectivity index (χ4v) is 6.68. The van der Waals surface area contributed by atoms with E-state index in [9.17, 15) is 22.8 Å². The van der Waals surface area contributed by atoms with Gasteiger partial charge in [0.05, 0.1) is 43.8 Å². The molecule has 1 unspecified atom stereocenters. The maximum atomic E-state index is 13.6. The van der Waals surface area contributed by atoms with E-state index in [2.05, 4.69) is 20.6 Å². The molecule has 2 N–H and O–H groups in total. The first-order valence-corrected chi connectivity index (χ1v) is 16.6. The number of hydrogen-bond donors (Lipinski definition) is 2. The molecule has 2 saturated heterocycles. The Labute approximate surface area is 284 Å². The highest BCUT2D eigenvalue weighted by molar-refractivity contribution is 8.00. The minimum atomic E-state index is -4.62. The van der Waals surface area contributed by atoms with E-state index in [1.165, 1.54) is 18.2 Å². The Morgan fingerprint density at radius 3 is 2.57 bits per heavy atom. The van der Waals surface area contributed by atoms with Crippen LogP contribution in [-0.2, 0) is 15.7 Å². The number of methoxy groups -OCH3 is 1. The van der Waals surface area contributed by atoms with Gasteiger partial charge < -0.3 is 24.3 Å². The molecule has 1 aromatic heterocycles. The van der Waals surface area contributed by atoms with Crippen molar-refractivity contribution in [1.29, 1.82) is 0 Å². The van der Waals surface area contributed by atoms with Crippen molar-refractivity contribution in [2.75, 3.05) is 57.6 Å². The van der Waals surface area contributed by atoms with Crippen LogP contribution in [0.3, 0.4) is 0 Å². The normalized spacial score (nSPS) is 16.9. The van der Waals surface area contributed by atoms with Crippen LogP contribution in [-0.4, -0.2) is 79.1 Å². The zero-order valence-electron chi connectivity index (χ0n) is 26.5. The van der Waals surface area contributed by atoms with Gasteiger partial charge >= 0.3 is 12.2 Å². The monoisotopic (exact) mass is 697 g/mol. The van der Waals surface area contributed by atoms with Crippen LogP contribution < -0.4 is 25.0 Å². The third-order valence-electron chi connectivity index (χ3n) is 7.93. The number of anilines is 1. The third kappa shape index (κ3) is 8.29. The number of morpholine rings is 1. The first-order valence-electron chi connectivity index (χ1n) is 15.5. The number of nitrogens with zero attached hydrogens (tertiary/aromatic N) is 3. The summed E-state index contributed by atoms with van der Waals surface area (Å²) in [5, 5.41) is 3.20. The molecule has 3 heterocycles. The van der Waals surface area contributed by atoms with Crippen LogP contribution in [0.15, 0.2) is 72.9 Å². The number of thioether (sulfide) groups is 1. The molecule has 0 spiro atoms. The predicted molar refractivity (Wildman–Crippen MR) is 178 cm³/mol. The SMILES string of the molecule is COc1cc2c(Oc3ccc(NC(=O)NN4C(=O)CSC4c4ccccc4C(F)(F)F)cc3)ccnc2cc1OCCCN1CCOCC1. The molecule has 11 nitrogen and oxygen atoms in total. The number of hydrogen-bond acceptors (Lipinski definition) is 9. The Hall–Kier alpha value is -4.73. The number of urea groups is 1. The standard InChI is InChI=1S/C34H34F3N5O6S/c1-45-29-19-25-27(20-30(29)47-16-4-13-41-14-17-46-18-15-41)38-12-11-28(25)48-23-9-7-22(8-10-23)39-33(44)40-42-31(43)21-49-32(42)24-5-2-3-6-26(24)34(35,36)37/h2-3,5-12,19-20,32H,4,13-18,21H2,1H3,(H2,39,40,44). The van der Waals surface area contributed by atoms with Crippen molar-refractivity contribution >= 4 is 40.3 Å². The van der Waals surface area contributed by atoms with Crippen LogP contribution in [0.4, 0.5) is 23.7 Å². The molecular weight excluding hydrogens is 663 g/mol. The van der Waals surface area contributed by atoms with Crippen molar-refractivity contribution in [1.82, 2.24) is 20.3 Å². The molecule has 3 amide bonds.